The van der Waals surface area contributed by atoms with Crippen molar-refractivity contribution in [3.8, 4) is 11.5 Å². The van der Waals surface area contributed by atoms with E-state index in [1.165, 1.54) is 0 Å². The quantitative estimate of drug-likeness (QED) is 0.613. The Hall–Kier alpha value is -2.41. The van der Waals surface area contributed by atoms with Crippen LogP contribution in [0.1, 0.15) is 60.0 Å². The van der Waals surface area contributed by atoms with Crippen LogP contribution in [0.15, 0.2) is 42.5 Å². The van der Waals surface area contributed by atoms with Gasteiger partial charge < -0.3 is 24.1 Å². The molecular formula is C25H30O6. The van der Waals surface area contributed by atoms with Gasteiger partial charge in [0.15, 0.2) is 18.4 Å². The standard InChI is InChI=1S/C25H30O6/c26-22(15-18-7-10-20(11-8-18)31-25-6-2-4-14-29-25)21-12-9-19(16-23(21)27)17-30-24-5-1-3-13-28-24/h7-12,16,24-25,27H,1-6,13-15,17H2. The fraction of sp³-hybridized carbons (Fsp3) is 0.480. The number of ether oxygens (including phenoxy) is 4. The van der Waals surface area contributed by atoms with Gasteiger partial charge in [0, 0.05) is 19.4 Å². The molecule has 0 amide bonds. The van der Waals surface area contributed by atoms with E-state index < -0.39 is 0 Å². The molecule has 0 bridgehead atoms. The maximum absolute atomic E-state index is 12.7. The number of aromatic hydroxyl groups is 1. The summed E-state index contributed by atoms with van der Waals surface area (Å²) in [5.74, 6) is 0.576. The highest BCUT2D eigenvalue weighted by Crippen LogP contribution is 2.24. The highest BCUT2D eigenvalue weighted by Gasteiger charge is 2.17. The summed E-state index contributed by atoms with van der Waals surface area (Å²) < 4.78 is 22.7. The van der Waals surface area contributed by atoms with Gasteiger partial charge in [-0.15, -0.1) is 0 Å². The van der Waals surface area contributed by atoms with E-state index in [9.17, 15) is 9.90 Å². The Morgan fingerprint density at radius 1 is 0.903 bits per heavy atom. The highest BCUT2D eigenvalue weighted by atomic mass is 16.7. The third kappa shape index (κ3) is 6.29. The average Bonchev–Trinajstić information content (AvgIpc) is 2.80. The molecule has 31 heavy (non-hydrogen) atoms. The van der Waals surface area contributed by atoms with E-state index >= 15 is 0 Å². The van der Waals surface area contributed by atoms with E-state index in [1.807, 2.05) is 30.3 Å². The van der Waals surface area contributed by atoms with Crippen LogP contribution in [0, 0.1) is 0 Å². The highest BCUT2D eigenvalue weighted by molar-refractivity contribution is 5.99. The molecule has 0 aromatic heterocycles. The molecule has 4 rings (SSSR count). The first-order chi connectivity index (χ1) is 15.2. The van der Waals surface area contributed by atoms with Crippen molar-refractivity contribution in [3.05, 3.63) is 59.2 Å². The molecule has 2 saturated heterocycles. The average molecular weight is 427 g/mol. The maximum atomic E-state index is 12.7. The monoisotopic (exact) mass is 426 g/mol. The first-order valence-corrected chi connectivity index (χ1v) is 11.1. The summed E-state index contributed by atoms with van der Waals surface area (Å²) >= 11 is 0. The van der Waals surface area contributed by atoms with Gasteiger partial charge in [-0.2, -0.15) is 0 Å². The number of hydrogen-bond acceptors (Lipinski definition) is 6. The van der Waals surface area contributed by atoms with Crippen molar-refractivity contribution in [2.24, 2.45) is 0 Å². The largest absolute Gasteiger partial charge is 0.507 e. The number of hydrogen-bond donors (Lipinski definition) is 1. The number of Topliss-reactive ketones (excluding diaryl/α,β-unsaturated/α-hetero) is 1. The van der Waals surface area contributed by atoms with Gasteiger partial charge in [0.1, 0.15) is 11.5 Å². The van der Waals surface area contributed by atoms with Gasteiger partial charge in [-0.05, 0) is 67.5 Å². The van der Waals surface area contributed by atoms with E-state index in [4.69, 9.17) is 18.9 Å². The molecule has 0 spiro atoms. The number of carbonyl (C=O) groups is 1. The molecule has 2 aliphatic rings. The first kappa shape index (κ1) is 21.8. The molecule has 0 saturated carbocycles. The summed E-state index contributed by atoms with van der Waals surface area (Å²) in [6, 6.07) is 12.5. The SMILES string of the molecule is O=C(Cc1ccc(OC2CCCCO2)cc1)c1ccc(COC2CCCCO2)cc1O. The van der Waals surface area contributed by atoms with Gasteiger partial charge in [-0.1, -0.05) is 18.2 Å². The molecule has 2 atom stereocenters. The smallest absolute Gasteiger partial charge is 0.199 e. The van der Waals surface area contributed by atoms with Crippen LogP contribution in [-0.4, -0.2) is 36.7 Å². The van der Waals surface area contributed by atoms with Crippen LogP contribution >= 0.6 is 0 Å². The van der Waals surface area contributed by atoms with Crippen molar-refractivity contribution in [2.75, 3.05) is 13.2 Å². The Morgan fingerprint density at radius 2 is 1.58 bits per heavy atom. The fourth-order valence-corrected chi connectivity index (χ4v) is 3.86. The molecule has 0 radical (unpaired) electrons. The predicted molar refractivity (Wildman–Crippen MR) is 115 cm³/mol. The van der Waals surface area contributed by atoms with Crippen LogP contribution in [-0.2, 0) is 27.2 Å². The number of ketones is 1. The molecular weight excluding hydrogens is 396 g/mol. The summed E-state index contributed by atoms with van der Waals surface area (Å²) in [6.07, 6.45) is 5.98. The summed E-state index contributed by atoms with van der Waals surface area (Å²) in [5, 5.41) is 10.4. The minimum Gasteiger partial charge on any atom is -0.507 e. The third-order valence-electron chi connectivity index (χ3n) is 5.63. The van der Waals surface area contributed by atoms with E-state index in [2.05, 4.69) is 0 Å². The molecule has 166 valence electrons. The lowest BCUT2D eigenvalue weighted by atomic mass is 10.0. The van der Waals surface area contributed by atoms with Gasteiger partial charge in [0.2, 0.25) is 0 Å². The zero-order valence-corrected chi connectivity index (χ0v) is 17.8. The molecule has 2 aromatic rings. The molecule has 2 fully saturated rings. The van der Waals surface area contributed by atoms with Crippen molar-refractivity contribution >= 4 is 5.78 Å². The number of phenolic OH excluding ortho intramolecular Hbond substituents is 1. The van der Waals surface area contributed by atoms with E-state index in [0.717, 1.165) is 68.6 Å². The molecule has 1 N–H and O–H groups in total. The molecule has 0 aliphatic carbocycles. The van der Waals surface area contributed by atoms with Crippen molar-refractivity contribution in [3.63, 3.8) is 0 Å². The Morgan fingerprint density at radius 3 is 2.23 bits per heavy atom. The molecule has 2 aromatic carbocycles. The Labute approximate surface area is 183 Å². The third-order valence-corrected chi connectivity index (χ3v) is 5.63. The summed E-state index contributed by atoms with van der Waals surface area (Å²) in [6.45, 7) is 1.81. The number of carbonyl (C=O) groups excluding carboxylic acids is 1. The van der Waals surface area contributed by atoms with Gasteiger partial charge in [-0.25, -0.2) is 0 Å². The van der Waals surface area contributed by atoms with Gasteiger partial charge in [0.05, 0.1) is 18.8 Å². The van der Waals surface area contributed by atoms with Crippen LogP contribution in [0.4, 0.5) is 0 Å². The Kier molecular flexibility index (Phi) is 7.57. The normalized spacial score (nSPS) is 21.5. The summed E-state index contributed by atoms with van der Waals surface area (Å²) in [7, 11) is 0. The predicted octanol–water partition coefficient (Wildman–Crippen LogP) is 4.77. The lowest BCUT2D eigenvalue weighted by molar-refractivity contribution is -0.168. The lowest BCUT2D eigenvalue weighted by Crippen LogP contribution is -2.24. The minimum absolute atomic E-state index is 0.0231. The van der Waals surface area contributed by atoms with Crippen molar-refractivity contribution in [1.29, 1.82) is 0 Å². The van der Waals surface area contributed by atoms with Crippen molar-refractivity contribution < 1.29 is 28.8 Å². The Bertz CT molecular complexity index is 851. The Balaban J connectivity index is 1.30. The van der Waals surface area contributed by atoms with Crippen LogP contribution in [0.25, 0.3) is 0 Å². The maximum Gasteiger partial charge on any atom is 0.199 e. The van der Waals surface area contributed by atoms with Gasteiger partial charge in [0.25, 0.3) is 0 Å². The lowest BCUT2D eigenvalue weighted by Gasteiger charge is -2.23. The first-order valence-electron chi connectivity index (χ1n) is 11.1. The van der Waals surface area contributed by atoms with Crippen molar-refractivity contribution in [2.45, 2.75) is 64.1 Å². The molecule has 2 heterocycles. The number of phenols is 1. The zero-order chi connectivity index (χ0) is 21.5. The zero-order valence-electron chi connectivity index (χ0n) is 17.8. The molecule has 6 nitrogen and oxygen atoms in total. The fourth-order valence-electron chi connectivity index (χ4n) is 3.86. The van der Waals surface area contributed by atoms with Crippen LogP contribution < -0.4 is 4.74 Å². The second kappa shape index (κ2) is 10.8. The van der Waals surface area contributed by atoms with E-state index in [1.54, 1.807) is 12.1 Å². The summed E-state index contributed by atoms with van der Waals surface area (Å²) in [4.78, 5) is 12.7. The second-order valence-corrected chi connectivity index (χ2v) is 8.12. The van der Waals surface area contributed by atoms with E-state index in [-0.39, 0.29) is 30.5 Å². The second-order valence-electron chi connectivity index (χ2n) is 8.12. The number of benzene rings is 2. The molecule has 6 heteroatoms. The van der Waals surface area contributed by atoms with Gasteiger partial charge >= 0.3 is 0 Å². The summed E-state index contributed by atoms with van der Waals surface area (Å²) in [5.41, 5.74) is 1.99. The van der Waals surface area contributed by atoms with E-state index in [0.29, 0.717) is 12.2 Å². The van der Waals surface area contributed by atoms with Gasteiger partial charge in [-0.3, -0.25) is 4.79 Å². The topological polar surface area (TPSA) is 74.2 Å². The number of rotatable bonds is 8. The molecule has 2 unspecified atom stereocenters. The van der Waals surface area contributed by atoms with Crippen molar-refractivity contribution in [1.82, 2.24) is 0 Å². The van der Waals surface area contributed by atoms with Crippen LogP contribution in [0.2, 0.25) is 0 Å². The minimum atomic E-state index is -0.189. The van der Waals surface area contributed by atoms with Crippen LogP contribution in [0.3, 0.4) is 0 Å². The van der Waals surface area contributed by atoms with Crippen LogP contribution in [0.5, 0.6) is 11.5 Å². The molecule has 2 aliphatic heterocycles.